The van der Waals surface area contributed by atoms with Gasteiger partial charge in [0.05, 0.1) is 35.2 Å². The number of aryl methyl sites for hydroxylation is 1. The quantitative estimate of drug-likeness (QED) is 0.291. The molecule has 0 saturated carbocycles. The van der Waals surface area contributed by atoms with E-state index >= 15 is 0 Å². The van der Waals surface area contributed by atoms with Crippen LogP contribution in [0.5, 0.6) is 0 Å². The van der Waals surface area contributed by atoms with Gasteiger partial charge >= 0.3 is 5.97 Å². The van der Waals surface area contributed by atoms with Gasteiger partial charge in [0, 0.05) is 28.1 Å². The van der Waals surface area contributed by atoms with E-state index in [9.17, 15) is 19.1 Å². The first-order chi connectivity index (χ1) is 15.8. The molecular weight excluding hydrogens is 429 g/mol. The van der Waals surface area contributed by atoms with E-state index in [1.54, 1.807) is 32.2 Å². The first kappa shape index (κ1) is 21.3. The summed E-state index contributed by atoms with van der Waals surface area (Å²) in [6, 6.07) is 4.67. The third kappa shape index (κ3) is 2.99. The Labute approximate surface area is 188 Å². The van der Waals surface area contributed by atoms with Crippen LogP contribution in [0.2, 0.25) is 0 Å². The SMILES string of the molecule is CCO/N=C/c1c2c(nc3cc(F)c(C)cc13)-c1cc3c(c(=O)n1C2)COC(=O)[C@]3(O)CC. The molecule has 9 heteroatoms. The van der Waals surface area contributed by atoms with Crippen molar-refractivity contribution in [3.63, 3.8) is 0 Å². The van der Waals surface area contributed by atoms with Gasteiger partial charge in [-0.05, 0) is 38.0 Å². The van der Waals surface area contributed by atoms with E-state index in [4.69, 9.17) is 9.57 Å². The molecule has 0 spiro atoms. The number of fused-ring (bicyclic) bond motifs is 5. The second-order valence-electron chi connectivity index (χ2n) is 8.23. The molecule has 0 unspecified atom stereocenters. The van der Waals surface area contributed by atoms with E-state index in [1.807, 2.05) is 6.92 Å². The molecule has 33 heavy (non-hydrogen) atoms. The number of hydrogen-bond donors (Lipinski definition) is 1. The maximum absolute atomic E-state index is 14.4. The maximum atomic E-state index is 14.4. The van der Waals surface area contributed by atoms with Crippen LogP contribution in [0.4, 0.5) is 4.39 Å². The minimum atomic E-state index is -1.91. The molecule has 2 aliphatic rings. The average molecular weight is 451 g/mol. The molecule has 8 nitrogen and oxygen atoms in total. The van der Waals surface area contributed by atoms with E-state index < -0.39 is 17.4 Å². The predicted octanol–water partition coefficient (Wildman–Crippen LogP) is 2.90. The third-order valence-corrected chi connectivity index (χ3v) is 6.40. The highest BCUT2D eigenvalue weighted by molar-refractivity contribution is 6.02. The molecule has 3 aromatic rings. The van der Waals surface area contributed by atoms with Crippen LogP contribution in [0.3, 0.4) is 0 Å². The third-order valence-electron chi connectivity index (χ3n) is 6.40. The number of nitrogens with zero attached hydrogens (tertiary/aromatic N) is 3. The highest BCUT2D eigenvalue weighted by Gasteiger charge is 2.45. The Morgan fingerprint density at radius 3 is 2.82 bits per heavy atom. The number of ether oxygens (including phenoxy) is 1. The Hall–Kier alpha value is -3.59. The Balaban J connectivity index is 1.82. The summed E-state index contributed by atoms with van der Waals surface area (Å²) in [7, 11) is 0. The largest absolute Gasteiger partial charge is 0.458 e. The zero-order valence-electron chi connectivity index (χ0n) is 18.4. The van der Waals surface area contributed by atoms with Gasteiger partial charge in [-0.25, -0.2) is 14.2 Å². The van der Waals surface area contributed by atoms with Gasteiger partial charge in [-0.15, -0.1) is 0 Å². The van der Waals surface area contributed by atoms with Crippen molar-refractivity contribution in [3.8, 4) is 11.4 Å². The molecule has 1 aromatic carbocycles. The van der Waals surface area contributed by atoms with Crippen LogP contribution in [0.1, 0.15) is 48.1 Å². The van der Waals surface area contributed by atoms with Gasteiger partial charge in [0.2, 0.25) is 0 Å². The van der Waals surface area contributed by atoms with Gasteiger partial charge in [-0.1, -0.05) is 12.1 Å². The van der Waals surface area contributed by atoms with Gasteiger partial charge in [0.25, 0.3) is 5.56 Å². The summed E-state index contributed by atoms with van der Waals surface area (Å²) in [4.78, 5) is 35.5. The lowest BCUT2D eigenvalue weighted by Crippen LogP contribution is -2.44. The minimum absolute atomic E-state index is 0.0521. The number of rotatable bonds is 4. The van der Waals surface area contributed by atoms with Gasteiger partial charge in [0.1, 0.15) is 19.0 Å². The number of aromatic nitrogens is 2. The van der Waals surface area contributed by atoms with E-state index in [0.29, 0.717) is 40.0 Å². The van der Waals surface area contributed by atoms with Crippen molar-refractivity contribution in [1.29, 1.82) is 0 Å². The van der Waals surface area contributed by atoms with Gasteiger partial charge in [-0.2, -0.15) is 0 Å². The number of pyridine rings is 2. The number of aliphatic hydroxyl groups is 1. The van der Waals surface area contributed by atoms with Crippen LogP contribution < -0.4 is 5.56 Å². The fraction of sp³-hybridized carbons (Fsp3) is 0.333. The van der Waals surface area contributed by atoms with Crippen LogP contribution in [0.15, 0.2) is 28.1 Å². The lowest BCUT2D eigenvalue weighted by Gasteiger charge is -2.31. The Bertz CT molecular complexity index is 1430. The highest BCUT2D eigenvalue weighted by atomic mass is 19.1. The molecule has 0 radical (unpaired) electrons. The normalized spacial score (nSPS) is 18.9. The first-order valence-electron chi connectivity index (χ1n) is 10.7. The summed E-state index contributed by atoms with van der Waals surface area (Å²) in [6.07, 6.45) is 1.60. The number of carbonyl (C=O) groups excluding carboxylic acids is 1. The fourth-order valence-corrected chi connectivity index (χ4v) is 4.55. The highest BCUT2D eigenvalue weighted by Crippen LogP contribution is 2.40. The van der Waals surface area contributed by atoms with Gasteiger partial charge in [-0.3, -0.25) is 4.79 Å². The molecule has 0 aliphatic carbocycles. The molecule has 0 saturated heterocycles. The Kier molecular flexibility index (Phi) is 4.82. The summed E-state index contributed by atoms with van der Waals surface area (Å²) >= 11 is 0. The second-order valence-corrected chi connectivity index (χ2v) is 8.23. The van der Waals surface area contributed by atoms with Crippen molar-refractivity contribution in [2.75, 3.05) is 6.61 Å². The molecule has 2 aromatic heterocycles. The molecule has 5 rings (SSSR count). The lowest BCUT2D eigenvalue weighted by molar-refractivity contribution is -0.172. The summed E-state index contributed by atoms with van der Waals surface area (Å²) in [5.41, 5.74) is 1.38. The van der Waals surface area contributed by atoms with Crippen molar-refractivity contribution in [2.24, 2.45) is 5.16 Å². The predicted molar refractivity (Wildman–Crippen MR) is 118 cm³/mol. The fourth-order valence-electron chi connectivity index (χ4n) is 4.55. The Morgan fingerprint density at radius 1 is 1.30 bits per heavy atom. The van der Waals surface area contributed by atoms with Crippen LogP contribution in [0, 0.1) is 12.7 Å². The molecule has 0 amide bonds. The molecule has 170 valence electrons. The molecule has 0 fully saturated rings. The molecular formula is C24H22FN3O5. The molecule has 2 aliphatic heterocycles. The standard InChI is InChI=1S/C24H22FN3O5/c1-4-24(31)17-7-20-21-15(10-28(20)22(29)16(17)11-32-23(24)30)14(9-26-33-5-2)13-6-12(3)18(25)8-19(13)27-21/h6-9,31H,4-5,10-11H2,1-3H3/b26-9+/t24-/m0/s1. The zero-order valence-corrected chi connectivity index (χ0v) is 18.4. The van der Waals surface area contributed by atoms with E-state index in [2.05, 4.69) is 10.1 Å². The molecule has 4 heterocycles. The number of halogens is 1. The number of hydrogen-bond acceptors (Lipinski definition) is 7. The van der Waals surface area contributed by atoms with Crippen molar-refractivity contribution >= 4 is 23.1 Å². The van der Waals surface area contributed by atoms with Crippen LogP contribution in [-0.4, -0.2) is 33.4 Å². The summed E-state index contributed by atoms with van der Waals surface area (Å²) in [5.74, 6) is -1.18. The number of oxime groups is 1. The second kappa shape index (κ2) is 7.48. The summed E-state index contributed by atoms with van der Waals surface area (Å²) < 4.78 is 21.0. The molecule has 1 atom stereocenters. The maximum Gasteiger partial charge on any atom is 0.343 e. The van der Waals surface area contributed by atoms with E-state index in [-0.39, 0.29) is 36.3 Å². The number of esters is 1. The number of carbonyl (C=O) groups is 1. The first-order valence-corrected chi connectivity index (χ1v) is 10.7. The van der Waals surface area contributed by atoms with Crippen molar-refractivity contribution in [1.82, 2.24) is 9.55 Å². The van der Waals surface area contributed by atoms with Crippen LogP contribution >= 0.6 is 0 Å². The summed E-state index contributed by atoms with van der Waals surface area (Å²) in [5, 5.41) is 15.7. The van der Waals surface area contributed by atoms with E-state index in [0.717, 1.165) is 5.56 Å². The van der Waals surface area contributed by atoms with Gasteiger partial charge < -0.3 is 19.2 Å². The van der Waals surface area contributed by atoms with Crippen molar-refractivity contribution in [3.05, 3.63) is 62.2 Å². The van der Waals surface area contributed by atoms with Crippen LogP contribution in [-0.2, 0) is 33.1 Å². The average Bonchev–Trinajstić information content (AvgIpc) is 3.16. The van der Waals surface area contributed by atoms with E-state index in [1.165, 1.54) is 10.6 Å². The lowest BCUT2D eigenvalue weighted by atomic mass is 9.86. The zero-order chi connectivity index (χ0) is 23.5. The van der Waals surface area contributed by atoms with Crippen molar-refractivity contribution < 1.29 is 23.9 Å². The minimum Gasteiger partial charge on any atom is -0.458 e. The van der Waals surface area contributed by atoms with Crippen molar-refractivity contribution in [2.45, 2.75) is 45.9 Å². The Morgan fingerprint density at radius 2 is 2.09 bits per heavy atom. The van der Waals surface area contributed by atoms with Crippen LogP contribution in [0.25, 0.3) is 22.3 Å². The topological polar surface area (TPSA) is 103 Å². The summed E-state index contributed by atoms with van der Waals surface area (Å²) in [6.45, 7) is 5.51. The van der Waals surface area contributed by atoms with Gasteiger partial charge in [0.15, 0.2) is 5.60 Å². The monoisotopic (exact) mass is 451 g/mol. The smallest absolute Gasteiger partial charge is 0.343 e. The molecule has 0 bridgehead atoms. The number of benzene rings is 1. The number of cyclic esters (lactones) is 1. The molecule has 1 N–H and O–H groups in total.